The van der Waals surface area contributed by atoms with E-state index >= 15 is 0 Å². The van der Waals surface area contributed by atoms with Gasteiger partial charge in [0.1, 0.15) is 12.4 Å². The molecule has 0 bridgehead atoms. The molecule has 29 heavy (non-hydrogen) atoms. The van der Waals surface area contributed by atoms with Crippen LogP contribution >= 0.6 is 0 Å². The summed E-state index contributed by atoms with van der Waals surface area (Å²) >= 11 is 0. The number of amides is 1. The first-order chi connectivity index (χ1) is 14.0. The Morgan fingerprint density at radius 2 is 1.79 bits per heavy atom. The average Bonchev–Trinajstić information content (AvgIpc) is 2.72. The van der Waals surface area contributed by atoms with Crippen LogP contribution in [-0.4, -0.2) is 56.7 Å². The monoisotopic (exact) mass is 395 g/mol. The number of ether oxygens (including phenoxy) is 1. The summed E-state index contributed by atoms with van der Waals surface area (Å²) in [5.41, 5.74) is 5.06. The molecule has 1 amide bonds. The number of aryl methyl sites for hydroxylation is 3. The Balaban J connectivity index is 1.29. The zero-order chi connectivity index (χ0) is 20.6. The Bertz CT molecular complexity index is 814. The minimum absolute atomic E-state index is 0.0924. The van der Waals surface area contributed by atoms with Crippen LogP contribution in [0.15, 0.2) is 42.5 Å². The molecule has 3 rings (SSSR count). The summed E-state index contributed by atoms with van der Waals surface area (Å²) in [5.74, 6) is 0.948. The molecule has 0 unspecified atom stereocenters. The third kappa shape index (κ3) is 6.50. The Kier molecular flexibility index (Phi) is 7.53. The molecule has 0 aromatic heterocycles. The van der Waals surface area contributed by atoms with Crippen molar-refractivity contribution < 1.29 is 9.53 Å². The van der Waals surface area contributed by atoms with Crippen LogP contribution in [-0.2, 0) is 4.79 Å². The molecule has 1 heterocycles. The fourth-order valence-corrected chi connectivity index (χ4v) is 3.57. The number of hydrogen-bond acceptors (Lipinski definition) is 4. The SMILES string of the molecule is Cc1cccc(N2CCN(CCC(=O)NCCOc3ccc(C)c(C)c3)CC2)c1. The molecule has 0 saturated carbocycles. The fourth-order valence-electron chi connectivity index (χ4n) is 3.57. The summed E-state index contributed by atoms with van der Waals surface area (Å²) in [7, 11) is 0. The molecule has 1 saturated heterocycles. The van der Waals surface area contributed by atoms with Gasteiger partial charge in [-0.3, -0.25) is 9.69 Å². The fraction of sp³-hybridized carbons (Fsp3) is 0.458. The van der Waals surface area contributed by atoms with Crippen LogP contribution in [0.25, 0.3) is 0 Å². The molecule has 1 N–H and O–H groups in total. The average molecular weight is 396 g/mol. The van der Waals surface area contributed by atoms with Gasteiger partial charge in [0.15, 0.2) is 0 Å². The van der Waals surface area contributed by atoms with Crippen LogP contribution in [0.3, 0.4) is 0 Å². The molecular weight excluding hydrogens is 362 g/mol. The number of nitrogens with zero attached hydrogens (tertiary/aromatic N) is 2. The molecule has 156 valence electrons. The van der Waals surface area contributed by atoms with Crippen LogP contribution in [0.5, 0.6) is 5.75 Å². The van der Waals surface area contributed by atoms with E-state index < -0.39 is 0 Å². The lowest BCUT2D eigenvalue weighted by Gasteiger charge is -2.36. The van der Waals surface area contributed by atoms with Crippen LogP contribution in [0, 0.1) is 20.8 Å². The molecule has 1 aliphatic rings. The second-order valence-electron chi connectivity index (χ2n) is 7.86. The van der Waals surface area contributed by atoms with Gasteiger partial charge in [-0.25, -0.2) is 0 Å². The first-order valence-corrected chi connectivity index (χ1v) is 10.5. The summed E-state index contributed by atoms with van der Waals surface area (Å²) in [5, 5.41) is 2.96. The van der Waals surface area contributed by atoms with Gasteiger partial charge in [0, 0.05) is 44.8 Å². The number of rotatable bonds is 8. The molecule has 5 heteroatoms. The molecule has 2 aromatic rings. The maximum Gasteiger partial charge on any atom is 0.221 e. The Morgan fingerprint density at radius 1 is 1.00 bits per heavy atom. The van der Waals surface area contributed by atoms with Gasteiger partial charge in [0.25, 0.3) is 0 Å². The zero-order valence-electron chi connectivity index (χ0n) is 17.9. The molecule has 0 atom stereocenters. The minimum Gasteiger partial charge on any atom is -0.492 e. The molecule has 0 radical (unpaired) electrons. The van der Waals surface area contributed by atoms with E-state index in [0.29, 0.717) is 19.6 Å². The molecule has 0 spiro atoms. The van der Waals surface area contributed by atoms with Crippen LogP contribution in [0.1, 0.15) is 23.1 Å². The van der Waals surface area contributed by atoms with E-state index in [-0.39, 0.29) is 5.91 Å². The highest BCUT2D eigenvalue weighted by Gasteiger charge is 2.17. The third-order valence-corrected chi connectivity index (χ3v) is 5.57. The highest BCUT2D eigenvalue weighted by atomic mass is 16.5. The quantitative estimate of drug-likeness (QED) is 0.697. The van der Waals surface area contributed by atoms with E-state index in [4.69, 9.17) is 4.74 Å². The molecule has 5 nitrogen and oxygen atoms in total. The van der Waals surface area contributed by atoms with Crippen molar-refractivity contribution in [2.24, 2.45) is 0 Å². The highest BCUT2D eigenvalue weighted by molar-refractivity contribution is 5.76. The van der Waals surface area contributed by atoms with Gasteiger partial charge in [-0.15, -0.1) is 0 Å². The lowest BCUT2D eigenvalue weighted by Crippen LogP contribution is -2.47. The molecule has 2 aromatic carbocycles. The number of anilines is 1. The predicted molar refractivity (Wildman–Crippen MR) is 119 cm³/mol. The van der Waals surface area contributed by atoms with E-state index in [1.54, 1.807) is 0 Å². The number of benzene rings is 2. The van der Waals surface area contributed by atoms with Crippen molar-refractivity contribution in [1.82, 2.24) is 10.2 Å². The number of hydrogen-bond donors (Lipinski definition) is 1. The number of carbonyl (C=O) groups excluding carboxylic acids is 1. The van der Waals surface area contributed by atoms with E-state index in [2.05, 4.69) is 66.2 Å². The highest BCUT2D eigenvalue weighted by Crippen LogP contribution is 2.18. The standard InChI is InChI=1S/C24H33N3O2/c1-19-5-4-6-22(17-19)27-14-12-26(13-15-27)11-9-24(28)25-10-16-29-23-8-7-20(2)21(3)18-23/h4-8,17-18H,9-16H2,1-3H3,(H,25,28). The third-order valence-electron chi connectivity index (χ3n) is 5.57. The van der Waals surface area contributed by atoms with Crippen molar-refractivity contribution in [2.75, 3.05) is 50.8 Å². The van der Waals surface area contributed by atoms with Gasteiger partial charge in [-0.1, -0.05) is 18.2 Å². The number of nitrogens with one attached hydrogen (secondary N) is 1. The minimum atomic E-state index is 0.0924. The van der Waals surface area contributed by atoms with Gasteiger partial charge in [0.2, 0.25) is 5.91 Å². The molecule has 1 aliphatic heterocycles. The second-order valence-corrected chi connectivity index (χ2v) is 7.86. The van der Waals surface area contributed by atoms with Crippen molar-refractivity contribution >= 4 is 11.6 Å². The van der Waals surface area contributed by atoms with E-state index in [9.17, 15) is 4.79 Å². The summed E-state index contributed by atoms with van der Waals surface area (Å²) in [6, 6.07) is 14.7. The maximum absolute atomic E-state index is 12.1. The molecule has 1 fully saturated rings. The smallest absolute Gasteiger partial charge is 0.221 e. The van der Waals surface area contributed by atoms with Crippen LogP contribution in [0.4, 0.5) is 5.69 Å². The largest absolute Gasteiger partial charge is 0.492 e. The first kappa shape index (κ1) is 21.2. The molecular formula is C24H33N3O2. The van der Waals surface area contributed by atoms with Crippen LogP contribution < -0.4 is 15.0 Å². The van der Waals surface area contributed by atoms with Crippen molar-refractivity contribution in [3.05, 3.63) is 59.2 Å². The number of piperazine rings is 1. The van der Waals surface area contributed by atoms with E-state index in [1.807, 2.05) is 12.1 Å². The lowest BCUT2D eigenvalue weighted by atomic mass is 10.1. The van der Waals surface area contributed by atoms with Crippen molar-refractivity contribution in [2.45, 2.75) is 27.2 Å². The van der Waals surface area contributed by atoms with Gasteiger partial charge in [-0.05, 0) is 61.7 Å². The van der Waals surface area contributed by atoms with Crippen LogP contribution in [0.2, 0.25) is 0 Å². The van der Waals surface area contributed by atoms with Gasteiger partial charge in [-0.2, -0.15) is 0 Å². The topological polar surface area (TPSA) is 44.8 Å². The van der Waals surface area contributed by atoms with Crippen molar-refractivity contribution in [3.63, 3.8) is 0 Å². The summed E-state index contributed by atoms with van der Waals surface area (Å²) in [6.07, 6.45) is 0.536. The van der Waals surface area contributed by atoms with E-state index in [0.717, 1.165) is 38.5 Å². The molecule has 0 aliphatic carbocycles. The van der Waals surface area contributed by atoms with Gasteiger partial charge >= 0.3 is 0 Å². The normalized spacial score (nSPS) is 14.7. The lowest BCUT2D eigenvalue weighted by molar-refractivity contribution is -0.121. The first-order valence-electron chi connectivity index (χ1n) is 10.5. The summed E-state index contributed by atoms with van der Waals surface area (Å²) in [4.78, 5) is 16.9. The zero-order valence-corrected chi connectivity index (χ0v) is 17.9. The van der Waals surface area contributed by atoms with E-state index in [1.165, 1.54) is 22.4 Å². The predicted octanol–water partition coefficient (Wildman–Crippen LogP) is 3.32. The van der Waals surface area contributed by atoms with Crippen molar-refractivity contribution in [1.29, 1.82) is 0 Å². The Morgan fingerprint density at radius 3 is 2.52 bits per heavy atom. The van der Waals surface area contributed by atoms with Crippen molar-refractivity contribution in [3.8, 4) is 5.75 Å². The van der Waals surface area contributed by atoms with Gasteiger partial charge in [0.05, 0.1) is 6.54 Å². The Hall–Kier alpha value is -2.53. The summed E-state index contributed by atoms with van der Waals surface area (Å²) in [6.45, 7) is 12.1. The maximum atomic E-state index is 12.1. The second kappa shape index (κ2) is 10.3. The Labute approximate surface area is 174 Å². The number of carbonyl (C=O) groups is 1. The van der Waals surface area contributed by atoms with Gasteiger partial charge < -0.3 is 15.0 Å². The summed E-state index contributed by atoms with van der Waals surface area (Å²) < 4.78 is 5.72.